The van der Waals surface area contributed by atoms with Crippen LogP contribution in [0.15, 0.2) is 11.4 Å². The Balaban J connectivity index is 2.03. The Hall–Kier alpha value is -0.580. The van der Waals surface area contributed by atoms with E-state index in [0.29, 0.717) is 22.0 Å². The van der Waals surface area contributed by atoms with Gasteiger partial charge in [-0.25, -0.2) is 0 Å². The molecule has 0 radical (unpaired) electrons. The zero-order chi connectivity index (χ0) is 12.4. The third-order valence-corrected chi connectivity index (χ3v) is 4.75. The van der Waals surface area contributed by atoms with Gasteiger partial charge in [0.15, 0.2) is 0 Å². The molecule has 1 amide bonds. The predicted molar refractivity (Wildman–Crippen MR) is 71.7 cm³/mol. The van der Waals surface area contributed by atoms with Gasteiger partial charge in [0.1, 0.15) is 4.88 Å². The van der Waals surface area contributed by atoms with Gasteiger partial charge in [0.05, 0.1) is 5.02 Å². The molecule has 5 heteroatoms. The minimum Gasteiger partial charge on any atom is -0.338 e. The highest BCUT2D eigenvalue weighted by atomic mass is 35.5. The van der Waals surface area contributed by atoms with Crippen molar-refractivity contribution in [2.24, 2.45) is 5.73 Å². The standard InChI is InChI=1S/C12H17ClN2OS/c1-15(9-4-2-8(14)3-5-9)12(16)11-10(13)6-7-17-11/h6-9H,2-5,14H2,1H3. The van der Waals surface area contributed by atoms with E-state index in [1.807, 2.05) is 17.3 Å². The van der Waals surface area contributed by atoms with Crippen molar-refractivity contribution >= 4 is 28.8 Å². The third kappa shape index (κ3) is 2.81. The lowest BCUT2D eigenvalue weighted by Crippen LogP contribution is -2.41. The van der Waals surface area contributed by atoms with Crippen LogP contribution in [0, 0.1) is 0 Å². The molecular weight excluding hydrogens is 256 g/mol. The zero-order valence-electron chi connectivity index (χ0n) is 9.86. The van der Waals surface area contributed by atoms with Crippen molar-refractivity contribution in [1.82, 2.24) is 4.90 Å². The van der Waals surface area contributed by atoms with Crippen molar-refractivity contribution in [3.05, 3.63) is 21.3 Å². The quantitative estimate of drug-likeness (QED) is 0.900. The zero-order valence-corrected chi connectivity index (χ0v) is 11.4. The van der Waals surface area contributed by atoms with Crippen molar-refractivity contribution in [1.29, 1.82) is 0 Å². The Morgan fingerprint density at radius 3 is 2.65 bits per heavy atom. The highest BCUT2D eigenvalue weighted by molar-refractivity contribution is 7.12. The molecule has 0 aromatic carbocycles. The second-order valence-electron chi connectivity index (χ2n) is 4.58. The van der Waals surface area contributed by atoms with Gasteiger partial charge in [-0.1, -0.05) is 11.6 Å². The molecule has 0 unspecified atom stereocenters. The fraction of sp³-hybridized carbons (Fsp3) is 0.583. The van der Waals surface area contributed by atoms with Crippen LogP contribution in [0.5, 0.6) is 0 Å². The minimum atomic E-state index is 0.0328. The SMILES string of the molecule is CN(C(=O)c1sccc1Cl)C1CCC(N)CC1. The molecule has 1 aromatic rings. The van der Waals surface area contributed by atoms with Gasteiger partial charge in [-0.15, -0.1) is 11.3 Å². The summed E-state index contributed by atoms with van der Waals surface area (Å²) in [7, 11) is 1.86. The topological polar surface area (TPSA) is 46.3 Å². The van der Waals surface area contributed by atoms with Gasteiger partial charge in [0.2, 0.25) is 0 Å². The van der Waals surface area contributed by atoms with E-state index in [9.17, 15) is 4.79 Å². The molecule has 0 bridgehead atoms. The first-order chi connectivity index (χ1) is 8.09. The first-order valence-corrected chi connectivity index (χ1v) is 7.11. The van der Waals surface area contributed by atoms with E-state index in [1.165, 1.54) is 11.3 Å². The van der Waals surface area contributed by atoms with E-state index in [-0.39, 0.29) is 5.91 Å². The van der Waals surface area contributed by atoms with Crippen LogP contribution >= 0.6 is 22.9 Å². The van der Waals surface area contributed by atoms with Crippen molar-refractivity contribution in [2.45, 2.75) is 37.8 Å². The van der Waals surface area contributed by atoms with Crippen LogP contribution in [-0.4, -0.2) is 29.9 Å². The lowest BCUT2D eigenvalue weighted by Gasteiger charge is -2.33. The van der Waals surface area contributed by atoms with Crippen molar-refractivity contribution < 1.29 is 4.79 Å². The maximum Gasteiger partial charge on any atom is 0.265 e. The fourth-order valence-corrected chi connectivity index (χ4v) is 3.38. The Morgan fingerprint density at radius 1 is 1.47 bits per heavy atom. The van der Waals surface area contributed by atoms with Crippen LogP contribution in [0.4, 0.5) is 0 Å². The molecule has 0 saturated heterocycles. The third-order valence-electron chi connectivity index (χ3n) is 3.42. The van der Waals surface area contributed by atoms with Crippen LogP contribution in [0.3, 0.4) is 0 Å². The molecule has 2 rings (SSSR count). The lowest BCUT2D eigenvalue weighted by molar-refractivity contribution is 0.0695. The molecule has 1 fully saturated rings. The Bertz CT molecular complexity index is 399. The van der Waals surface area contributed by atoms with Crippen molar-refractivity contribution in [2.75, 3.05) is 7.05 Å². The van der Waals surface area contributed by atoms with Gasteiger partial charge in [0, 0.05) is 19.1 Å². The molecule has 17 heavy (non-hydrogen) atoms. The summed E-state index contributed by atoms with van der Waals surface area (Å²) in [5.41, 5.74) is 5.87. The molecular formula is C12H17ClN2OS. The second kappa shape index (κ2) is 5.38. The van der Waals surface area contributed by atoms with E-state index in [2.05, 4.69) is 0 Å². The number of amides is 1. The molecule has 1 aromatic heterocycles. The van der Waals surface area contributed by atoms with Crippen LogP contribution in [-0.2, 0) is 0 Å². The summed E-state index contributed by atoms with van der Waals surface area (Å²) in [4.78, 5) is 14.7. The van der Waals surface area contributed by atoms with Gasteiger partial charge < -0.3 is 10.6 Å². The Morgan fingerprint density at radius 2 is 2.12 bits per heavy atom. The summed E-state index contributed by atoms with van der Waals surface area (Å²) in [5, 5.41) is 2.40. The average Bonchev–Trinajstić information content (AvgIpc) is 2.74. The fourth-order valence-electron chi connectivity index (χ4n) is 2.26. The molecule has 1 heterocycles. The molecule has 1 aliphatic rings. The van der Waals surface area contributed by atoms with E-state index < -0.39 is 0 Å². The average molecular weight is 273 g/mol. The Labute approximate surface area is 111 Å². The van der Waals surface area contributed by atoms with Crippen molar-refractivity contribution in [3.8, 4) is 0 Å². The van der Waals surface area contributed by atoms with Gasteiger partial charge in [0.25, 0.3) is 5.91 Å². The molecule has 2 N–H and O–H groups in total. The number of hydrogen-bond acceptors (Lipinski definition) is 3. The number of hydrogen-bond donors (Lipinski definition) is 1. The monoisotopic (exact) mass is 272 g/mol. The maximum atomic E-state index is 12.2. The summed E-state index contributed by atoms with van der Waals surface area (Å²) < 4.78 is 0. The van der Waals surface area contributed by atoms with Crippen LogP contribution in [0.2, 0.25) is 5.02 Å². The molecule has 94 valence electrons. The summed E-state index contributed by atoms with van der Waals surface area (Å²) >= 11 is 7.39. The van der Waals surface area contributed by atoms with E-state index in [1.54, 1.807) is 6.07 Å². The second-order valence-corrected chi connectivity index (χ2v) is 5.91. The summed E-state index contributed by atoms with van der Waals surface area (Å²) in [6, 6.07) is 2.38. The molecule has 0 aliphatic heterocycles. The predicted octanol–water partition coefficient (Wildman–Crippen LogP) is 2.74. The molecule has 3 nitrogen and oxygen atoms in total. The number of rotatable bonds is 2. The van der Waals surface area contributed by atoms with Crippen LogP contribution in [0.1, 0.15) is 35.4 Å². The van der Waals surface area contributed by atoms with Crippen LogP contribution < -0.4 is 5.73 Å². The van der Waals surface area contributed by atoms with Gasteiger partial charge in [-0.05, 0) is 37.1 Å². The smallest absolute Gasteiger partial charge is 0.265 e. The van der Waals surface area contributed by atoms with Crippen molar-refractivity contribution in [3.63, 3.8) is 0 Å². The number of thiophene rings is 1. The van der Waals surface area contributed by atoms with E-state index >= 15 is 0 Å². The van der Waals surface area contributed by atoms with Gasteiger partial charge >= 0.3 is 0 Å². The molecule has 1 saturated carbocycles. The van der Waals surface area contributed by atoms with E-state index in [4.69, 9.17) is 17.3 Å². The first kappa shape index (κ1) is 12.9. The Kier molecular flexibility index (Phi) is 4.07. The molecule has 0 spiro atoms. The van der Waals surface area contributed by atoms with Crippen LogP contribution in [0.25, 0.3) is 0 Å². The molecule has 1 aliphatic carbocycles. The highest BCUT2D eigenvalue weighted by Gasteiger charge is 2.27. The maximum absolute atomic E-state index is 12.2. The largest absolute Gasteiger partial charge is 0.338 e. The number of carbonyl (C=O) groups excluding carboxylic acids is 1. The van der Waals surface area contributed by atoms with Gasteiger partial charge in [-0.3, -0.25) is 4.79 Å². The van der Waals surface area contributed by atoms with E-state index in [0.717, 1.165) is 25.7 Å². The first-order valence-electron chi connectivity index (χ1n) is 5.85. The van der Waals surface area contributed by atoms with Gasteiger partial charge in [-0.2, -0.15) is 0 Å². The number of nitrogens with zero attached hydrogens (tertiary/aromatic N) is 1. The number of nitrogens with two attached hydrogens (primary N) is 1. The summed E-state index contributed by atoms with van der Waals surface area (Å²) in [5.74, 6) is 0.0328. The summed E-state index contributed by atoms with van der Waals surface area (Å²) in [6.07, 6.45) is 3.99. The highest BCUT2D eigenvalue weighted by Crippen LogP contribution is 2.27. The normalized spacial score (nSPS) is 24.6. The molecule has 0 atom stereocenters. The lowest BCUT2D eigenvalue weighted by atomic mass is 9.91. The number of carbonyl (C=O) groups is 1. The summed E-state index contributed by atoms with van der Waals surface area (Å²) in [6.45, 7) is 0. The minimum absolute atomic E-state index is 0.0328. The number of halogens is 1.